The van der Waals surface area contributed by atoms with Crippen LogP contribution in [0.15, 0.2) is 35.0 Å². The third-order valence-corrected chi connectivity index (χ3v) is 3.36. The molecule has 5 nitrogen and oxygen atoms in total. The van der Waals surface area contributed by atoms with Gasteiger partial charge in [-0.2, -0.15) is 11.3 Å². The monoisotopic (exact) mass is 270 g/mol. The third kappa shape index (κ3) is 3.08. The van der Waals surface area contributed by atoms with Crippen LogP contribution in [-0.2, 0) is 4.57 Å². The number of aromatic hydroxyl groups is 1. The number of phenols is 1. The molecule has 1 aromatic carbocycles. The lowest BCUT2D eigenvalue weighted by atomic mass is 10.1. The van der Waals surface area contributed by atoms with Gasteiger partial charge in [-0.1, -0.05) is 0 Å². The molecular formula is C10H11N2O3PS. The zero-order valence-electron chi connectivity index (χ0n) is 8.70. The van der Waals surface area contributed by atoms with Crippen molar-refractivity contribution >= 4 is 24.7 Å². The zero-order valence-corrected chi connectivity index (χ0v) is 10.4. The molecule has 1 aromatic heterocycles. The second-order valence-corrected chi connectivity index (χ2v) is 5.73. The summed E-state index contributed by atoms with van der Waals surface area (Å²) >= 11 is 1.51. The molecule has 0 saturated carbocycles. The van der Waals surface area contributed by atoms with Gasteiger partial charge in [0.15, 0.2) is 0 Å². The molecule has 1 heterocycles. The Hall–Kier alpha value is -1.33. The van der Waals surface area contributed by atoms with Gasteiger partial charge >= 0.3 is 7.67 Å². The van der Waals surface area contributed by atoms with E-state index in [1.807, 2.05) is 16.8 Å². The quantitative estimate of drug-likeness (QED) is 0.643. The van der Waals surface area contributed by atoms with E-state index in [1.165, 1.54) is 23.5 Å². The number of benzene rings is 1. The number of hydrogen-bond acceptors (Lipinski definition) is 3. The topological polar surface area (TPSA) is 95.6 Å². The first-order valence-corrected chi connectivity index (χ1v) is 7.38. The number of phenolic OH excluding ortho intramolecular Hbond substituents is 1. The summed E-state index contributed by atoms with van der Waals surface area (Å²) in [4.78, 5) is 9.13. The first-order valence-electron chi connectivity index (χ1n) is 4.71. The van der Waals surface area contributed by atoms with Crippen LogP contribution in [0.4, 0.5) is 5.69 Å². The summed E-state index contributed by atoms with van der Waals surface area (Å²) in [5, 5.41) is 15.5. The fourth-order valence-electron chi connectivity index (χ4n) is 1.47. The van der Waals surface area contributed by atoms with E-state index in [2.05, 4.69) is 5.09 Å². The van der Waals surface area contributed by atoms with Crippen LogP contribution < -0.4 is 10.6 Å². The molecule has 0 aliphatic heterocycles. The van der Waals surface area contributed by atoms with Gasteiger partial charge in [0.2, 0.25) is 0 Å². The summed E-state index contributed by atoms with van der Waals surface area (Å²) in [5.74, 6) is -0.0000652. The van der Waals surface area contributed by atoms with Gasteiger partial charge in [-0.25, -0.2) is 10.1 Å². The average molecular weight is 270 g/mol. The van der Waals surface area contributed by atoms with E-state index in [0.29, 0.717) is 11.3 Å². The van der Waals surface area contributed by atoms with Gasteiger partial charge in [0.05, 0.1) is 5.69 Å². The van der Waals surface area contributed by atoms with Crippen molar-refractivity contribution in [3.05, 3.63) is 35.0 Å². The third-order valence-electron chi connectivity index (χ3n) is 2.12. The maximum Gasteiger partial charge on any atom is 0.360 e. The van der Waals surface area contributed by atoms with E-state index >= 15 is 0 Å². The van der Waals surface area contributed by atoms with E-state index in [0.717, 1.165) is 5.56 Å². The van der Waals surface area contributed by atoms with Crippen molar-refractivity contribution in [2.75, 3.05) is 5.09 Å². The second-order valence-electron chi connectivity index (χ2n) is 3.48. The highest BCUT2D eigenvalue weighted by molar-refractivity contribution is 7.57. The number of rotatable bonds is 3. The summed E-state index contributed by atoms with van der Waals surface area (Å²) in [6.07, 6.45) is 0. The Morgan fingerprint density at radius 1 is 1.35 bits per heavy atom. The van der Waals surface area contributed by atoms with E-state index in [-0.39, 0.29) is 5.75 Å². The van der Waals surface area contributed by atoms with Gasteiger partial charge in [-0.3, -0.25) is 0 Å². The van der Waals surface area contributed by atoms with Crippen LogP contribution in [0.1, 0.15) is 0 Å². The van der Waals surface area contributed by atoms with Crippen molar-refractivity contribution in [3.63, 3.8) is 0 Å². The zero-order chi connectivity index (χ0) is 12.5. The first kappa shape index (κ1) is 12.1. The lowest BCUT2D eigenvalue weighted by Crippen LogP contribution is -2.04. The number of anilines is 1. The summed E-state index contributed by atoms with van der Waals surface area (Å²) in [6, 6.07) is 6.41. The minimum absolute atomic E-state index is 0.0000652. The van der Waals surface area contributed by atoms with Gasteiger partial charge in [0.25, 0.3) is 0 Å². The Balaban J connectivity index is 2.49. The van der Waals surface area contributed by atoms with Crippen LogP contribution in [0.3, 0.4) is 0 Å². The molecule has 0 amide bonds. The fourth-order valence-corrected chi connectivity index (χ4v) is 2.65. The Kier molecular flexibility index (Phi) is 3.22. The van der Waals surface area contributed by atoms with Crippen molar-refractivity contribution in [1.29, 1.82) is 0 Å². The van der Waals surface area contributed by atoms with Crippen LogP contribution in [-0.4, -0.2) is 10.00 Å². The minimum Gasteiger partial charge on any atom is -0.508 e. The van der Waals surface area contributed by atoms with Gasteiger partial charge in [0.1, 0.15) is 5.75 Å². The Morgan fingerprint density at radius 2 is 2.12 bits per heavy atom. The van der Waals surface area contributed by atoms with E-state index in [4.69, 9.17) is 10.4 Å². The smallest absolute Gasteiger partial charge is 0.360 e. The first-order chi connectivity index (χ1) is 7.96. The molecule has 0 fully saturated rings. The molecule has 17 heavy (non-hydrogen) atoms. The molecule has 2 rings (SSSR count). The molecule has 5 N–H and O–H groups in total. The highest BCUT2D eigenvalue weighted by atomic mass is 32.1. The van der Waals surface area contributed by atoms with Gasteiger partial charge in [-0.15, -0.1) is 0 Å². The van der Waals surface area contributed by atoms with Gasteiger partial charge in [0, 0.05) is 11.6 Å². The molecule has 1 unspecified atom stereocenters. The Bertz CT molecular complexity index is 565. The number of nitrogens with one attached hydrogen (secondary N) is 1. The van der Waals surface area contributed by atoms with Crippen LogP contribution in [0.2, 0.25) is 0 Å². The molecule has 0 aliphatic rings. The predicted molar refractivity (Wildman–Crippen MR) is 69.1 cm³/mol. The molecule has 7 heteroatoms. The van der Waals surface area contributed by atoms with Crippen molar-refractivity contribution in [3.8, 4) is 16.9 Å². The van der Waals surface area contributed by atoms with Gasteiger partial charge < -0.3 is 15.1 Å². The highest BCUT2D eigenvalue weighted by Crippen LogP contribution is 2.39. The van der Waals surface area contributed by atoms with E-state index in [1.54, 1.807) is 6.07 Å². The van der Waals surface area contributed by atoms with Crippen molar-refractivity contribution in [2.24, 2.45) is 5.50 Å². The largest absolute Gasteiger partial charge is 0.508 e. The SMILES string of the molecule is NP(=O)(O)Nc1cc(O)ccc1-c1ccsc1. The predicted octanol–water partition coefficient (Wildman–Crippen LogP) is 2.59. The van der Waals surface area contributed by atoms with Crippen LogP contribution in [0, 0.1) is 0 Å². The molecule has 2 aromatic rings. The van der Waals surface area contributed by atoms with Crippen molar-refractivity contribution in [1.82, 2.24) is 0 Å². The average Bonchev–Trinajstić information content (AvgIpc) is 2.68. The van der Waals surface area contributed by atoms with Crippen molar-refractivity contribution < 1.29 is 14.6 Å². The molecule has 1 atom stereocenters. The van der Waals surface area contributed by atoms with Crippen molar-refractivity contribution in [2.45, 2.75) is 0 Å². The summed E-state index contributed by atoms with van der Waals surface area (Å²) in [6.45, 7) is 0. The molecule has 0 spiro atoms. The van der Waals surface area contributed by atoms with Crippen LogP contribution in [0.25, 0.3) is 11.1 Å². The lowest BCUT2D eigenvalue weighted by molar-refractivity contribution is 0.475. The van der Waals surface area contributed by atoms with E-state index < -0.39 is 7.67 Å². The van der Waals surface area contributed by atoms with E-state index in [9.17, 15) is 9.67 Å². The Morgan fingerprint density at radius 3 is 2.71 bits per heavy atom. The van der Waals surface area contributed by atoms with Crippen LogP contribution in [0.5, 0.6) is 5.75 Å². The molecule has 0 radical (unpaired) electrons. The molecular weight excluding hydrogens is 259 g/mol. The molecule has 0 saturated heterocycles. The minimum atomic E-state index is -3.89. The number of hydrogen-bond donors (Lipinski definition) is 4. The maximum atomic E-state index is 11.2. The van der Waals surface area contributed by atoms with Gasteiger partial charge in [-0.05, 0) is 34.5 Å². The Labute approximate surface area is 102 Å². The normalized spacial score (nSPS) is 14.2. The standard InChI is InChI=1S/C10H11N2O3PS/c11-16(14,15)12-10-5-8(13)1-2-9(10)7-3-4-17-6-7/h1-6,13H,(H4,11,12,14,15). The molecule has 0 aliphatic carbocycles. The molecule has 0 bridgehead atoms. The molecule has 90 valence electrons. The fraction of sp³-hybridized carbons (Fsp3) is 0. The summed E-state index contributed by atoms with van der Waals surface area (Å²) < 4.78 is 11.2. The van der Waals surface area contributed by atoms with Crippen LogP contribution >= 0.6 is 19.0 Å². The lowest BCUT2D eigenvalue weighted by Gasteiger charge is -2.13. The highest BCUT2D eigenvalue weighted by Gasteiger charge is 2.14. The maximum absolute atomic E-state index is 11.2. The number of thiophene rings is 1. The second kappa shape index (κ2) is 4.50. The summed E-state index contributed by atoms with van der Waals surface area (Å²) in [7, 11) is -3.89. The summed E-state index contributed by atoms with van der Waals surface area (Å²) in [5.41, 5.74) is 7.00. The number of nitrogens with two attached hydrogens (primary N) is 1.